The van der Waals surface area contributed by atoms with E-state index in [1.807, 2.05) is 0 Å². The number of nitrogens with zero attached hydrogens (tertiary/aromatic N) is 4. The Labute approximate surface area is 181 Å². The van der Waals surface area contributed by atoms with Crippen molar-refractivity contribution in [1.29, 1.82) is 0 Å². The number of phenols is 1. The minimum Gasteiger partial charge on any atom is -0.508 e. The molecule has 1 amide bonds. The number of phenolic OH excluding ortho intramolecular Hbond substituents is 1. The second kappa shape index (κ2) is 8.72. The van der Waals surface area contributed by atoms with Crippen LogP contribution in [0, 0.1) is 15.9 Å². The summed E-state index contributed by atoms with van der Waals surface area (Å²) in [7, 11) is 0. The van der Waals surface area contributed by atoms with Crippen molar-refractivity contribution in [3.63, 3.8) is 0 Å². The fourth-order valence-corrected chi connectivity index (χ4v) is 3.14. The number of benzene rings is 2. The molecule has 0 unspecified atom stereocenters. The van der Waals surface area contributed by atoms with Crippen molar-refractivity contribution in [1.82, 2.24) is 14.7 Å². The van der Waals surface area contributed by atoms with E-state index in [-0.39, 0.29) is 35.9 Å². The van der Waals surface area contributed by atoms with Crippen LogP contribution in [-0.2, 0) is 13.1 Å². The molecule has 2 heterocycles. The normalized spacial score (nSPS) is 10.8. The first-order chi connectivity index (χ1) is 15.4. The van der Waals surface area contributed by atoms with Gasteiger partial charge in [-0.25, -0.2) is 9.07 Å². The summed E-state index contributed by atoms with van der Waals surface area (Å²) >= 11 is 0. The number of nitro benzene ring substituents is 1. The van der Waals surface area contributed by atoms with E-state index >= 15 is 0 Å². The van der Waals surface area contributed by atoms with Gasteiger partial charge in [-0.1, -0.05) is 12.1 Å². The van der Waals surface area contributed by atoms with Crippen molar-refractivity contribution in [3.8, 4) is 11.4 Å². The molecule has 162 valence electrons. The lowest BCUT2D eigenvalue weighted by atomic mass is 10.2. The fourth-order valence-electron chi connectivity index (χ4n) is 3.14. The van der Waals surface area contributed by atoms with Gasteiger partial charge in [-0.05, 0) is 42.0 Å². The fraction of sp³-hybridized carbons (Fsp3) is 0.0909. The second-order valence-corrected chi connectivity index (χ2v) is 6.95. The summed E-state index contributed by atoms with van der Waals surface area (Å²) in [5, 5.41) is 24.5. The predicted octanol–water partition coefficient (Wildman–Crippen LogP) is 4.06. The van der Waals surface area contributed by atoms with E-state index in [9.17, 15) is 24.4 Å². The monoisotopic (exact) mass is 436 g/mol. The van der Waals surface area contributed by atoms with Crippen molar-refractivity contribution in [3.05, 3.63) is 106 Å². The molecule has 0 bridgehead atoms. The Morgan fingerprint density at radius 2 is 1.94 bits per heavy atom. The molecule has 2 aromatic carbocycles. The maximum Gasteiger partial charge on any atom is 0.275 e. The average molecular weight is 436 g/mol. The standard InChI is InChI=1S/C22H17FN4O5/c23-19-12-16(27(30)31)5-8-21(19)26-10-9-20(24-26)22(29)25(14-18-2-1-11-32-18)13-15-3-6-17(28)7-4-15/h1-12,28H,13-14H2. The van der Waals surface area contributed by atoms with E-state index < -0.39 is 16.6 Å². The van der Waals surface area contributed by atoms with Crippen LogP contribution in [-0.4, -0.2) is 30.6 Å². The first-order valence-corrected chi connectivity index (χ1v) is 9.50. The highest BCUT2D eigenvalue weighted by atomic mass is 19.1. The highest BCUT2D eigenvalue weighted by Gasteiger charge is 2.21. The van der Waals surface area contributed by atoms with Gasteiger partial charge in [0.25, 0.3) is 11.6 Å². The van der Waals surface area contributed by atoms with Gasteiger partial charge >= 0.3 is 0 Å². The molecular weight excluding hydrogens is 419 g/mol. The smallest absolute Gasteiger partial charge is 0.275 e. The van der Waals surface area contributed by atoms with Crippen LogP contribution in [0.2, 0.25) is 0 Å². The molecule has 1 N–H and O–H groups in total. The summed E-state index contributed by atoms with van der Waals surface area (Å²) in [6, 6.07) is 14.5. The number of aromatic nitrogens is 2. The maximum atomic E-state index is 14.3. The number of carbonyl (C=O) groups is 1. The van der Waals surface area contributed by atoms with Crippen LogP contribution < -0.4 is 0 Å². The molecular formula is C22H17FN4O5. The summed E-state index contributed by atoms with van der Waals surface area (Å²) in [5.74, 6) is -0.576. The highest BCUT2D eigenvalue weighted by molar-refractivity contribution is 5.92. The predicted molar refractivity (Wildman–Crippen MR) is 111 cm³/mol. The largest absolute Gasteiger partial charge is 0.508 e. The van der Waals surface area contributed by atoms with Gasteiger partial charge in [-0.2, -0.15) is 5.10 Å². The van der Waals surface area contributed by atoms with Crippen LogP contribution in [0.4, 0.5) is 10.1 Å². The van der Waals surface area contributed by atoms with E-state index in [0.717, 1.165) is 22.4 Å². The topological polar surface area (TPSA) is 115 Å². The summed E-state index contributed by atoms with van der Waals surface area (Å²) in [6.07, 6.45) is 2.91. The molecule has 0 radical (unpaired) electrons. The minimum atomic E-state index is -0.835. The van der Waals surface area contributed by atoms with Crippen LogP contribution in [0.5, 0.6) is 5.75 Å². The van der Waals surface area contributed by atoms with Crippen LogP contribution in [0.1, 0.15) is 21.8 Å². The van der Waals surface area contributed by atoms with Crippen molar-refractivity contribution in [2.75, 3.05) is 0 Å². The van der Waals surface area contributed by atoms with Gasteiger partial charge in [0.05, 0.1) is 23.8 Å². The summed E-state index contributed by atoms with van der Waals surface area (Å²) in [4.78, 5) is 24.8. The van der Waals surface area contributed by atoms with Gasteiger partial charge in [-0.3, -0.25) is 14.9 Å². The molecule has 0 aliphatic carbocycles. The minimum absolute atomic E-state index is 0.0224. The van der Waals surface area contributed by atoms with E-state index in [4.69, 9.17) is 4.42 Å². The molecule has 0 fully saturated rings. The molecule has 4 aromatic rings. The van der Waals surface area contributed by atoms with E-state index in [0.29, 0.717) is 5.76 Å². The lowest BCUT2D eigenvalue weighted by Gasteiger charge is -2.21. The molecule has 0 aliphatic heterocycles. The summed E-state index contributed by atoms with van der Waals surface area (Å²) in [6.45, 7) is 0.393. The van der Waals surface area contributed by atoms with Crippen LogP contribution in [0.3, 0.4) is 0 Å². The number of furan rings is 1. The number of non-ortho nitro benzene ring substituents is 1. The average Bonchev–Trinajstić information content (AvgIpc) is 3.46. The Balaban J connectivity index is 1.60. The van der Waals surface area contributed by atoms with Gasteiger partial charge in [0.15, 0.2) is 11.5 Å². The Morgan fingerprint density at radius 1 is 1.16 bits per heavy atom. The molecule has 0 spiro atoms. The molecule has 0 aliphatic rings. The van der Waals surface area contributed by atoms with Gasteiger partial charge in [0, 0.05) is 18.8 Å². The summed E-state index contributed by atoms with van der Waals surface area (Å²) in [5.41, 5.74) is 0.440. The molecule has 0 saturated heterocycles. The molecule has 9 nitrogen and oxygen atoms in total. The lowest BCUT2D eigenvalue weighted by Crippen LogP contribution is -2.30. The zero-order valence-electron chi connectivity index (χ0n) is 16.6. The zero-order chi connectivity index (χ0) is 22.7. The van der Waals surface area contributed by atoms with E-state index in [1.54, 1.807) is 24.3 Å². The van der Waals surface area contributed by atoms with E-state index in [2.05, 4.69) is 5.10 Å². The maximum absolute atomic E-state index is 14.3. The lowest BCUT2D eigenvalue weighted by molar-refractivity contribution is -0.385. The summed E-state index contributed by atoms with van der Waals surface area (Å²) < 4.78 is 20.9. The van der Waals surface area contributed by atoms with Crippen molar-refractivity contribution < 1.29 is 23.6 Å². The Morgan fingerprint density at radius 3 is 2.59 bits per heavy atom. The number of nitro groups is 1. The Kier molecular flexibility index (Phi) is 5.67. The number of amides is 1. The number of aromatic hydroxyl groups is 1. The molecule has 32 heavy (non-hydrogen) atoms. The molecule has 0 atom stereocenters. The van der Waals surface area contributed by atoms with Gasteiger partial charge < -0.3 is 14.4 Å². The third kappa shape index (κ3) is 4.48. The number of hydrogen-bond acceptors (Lipinski definition) is 6. The first-order valence-electron chi connectivity index (χ1n) is 9.50. The van der Waals surface area contributed by atoms with Gasteiger partial charge in [0.2, 0.25) is 0 Å². The van der Waals surface area contributed by atoms with Crippen molar-refractivity contribution >= 4 is 11.6 Å². The molecule has 0 saturated carbocycles. The van der Waals surface area contributed by atoms with Crippen LogP contribution in [0.25, 0.3) is 5.69 Å². The second-order valence-electron chi connectivity index (χ2n) is 6.95. The Hall–Kier alpha value is -4.47. The Bertz CT molecular complexity index is 1250. The first kappa shape index (κ1) is 20.8. The SMILES string of the molecule is O=C(c1ccn(-c2ccc([N+](=O)[O-])cc2F)n1)N(Cc1ccc(O)cc1)Cc1ccco1. The number of hydrogen-bond donors (Lipinski definition) is 1. The van der Waals surface area contributed by atoms with Crippen molar-refractivity contribution in [2.45, 2.75) is 13.1 Å². The third-order valence-corrected chi connectivity index (χ3v) is 4.72. The van der Waals surface area contributed by atoms with Crippen molar-refractivity contribution in [2.24, 2.45) is 0 Å². The third-order valence-electron chi connectivity index (χ3n) is 4.72. The van der Waals surface area contributed by atoms with Gasteiger partial charge in [0.1, 0.15) is 17.2 Å². The quantitative estimate of drug-likeness (QED) is 0.345. The molecule has 2 aromatic heterocycles. The van der Waals surface area contributed by atoms with Crippen LogP contribution >= 0.6 is 0 Å². The van der Waals surface area contributed by atoms with Crippen LogP contribution in [0.15, 0.2) is 77.5 Å². The molecule has 4 rings (SSSR count). The zero-order valence-corrected chi connectivity index (χ0v) is 16.6. The van der Waals surface area contributed by atoms with E-state index in [1.165, 1.54) is 41.6 Å². The van der Waals surface area contributed by atoms with Gasteiger partial charge in [-0.15, -0.1) is 0 Å². The highest BCUT2D eigenvalue weighted by Crippen LogP contribution is 2.21. The number of carbonyl (C=O) groups excluding carboxylic acids is 1. The number of halogens is 1. The number of rotatable bonds is 7. The molecule has 10 heteroatoms.